The van der Waals surface area contributed by atoms with E-state index in [1.165, 1.54) is 11.1 Å². The van der Waals surface area contributed by atoms with Crippen molar-refractivity contribution in [3.8, 4) is 5.75 Å². The highest BCUT2D eigenvalue weighted by Crippen LogP contribution is 2.36. The Bertz CT molecular complexity index is 626. The molecule has 3 nitrogen and oxygen atoms in total. The summed E-state index contributed by atoms with van der Waals surface area (Å²) >= 11 is 6.11. The molecule has 5 heteroatoms. The number of ether oxygens (including phenoxy) is 1. The Morgan fingerprint density at radius 2 is 2.24 bits per heavy atom. The van der Waals surface area contributed by atoms with Crippen molar-refractivity contribution in [3.63, 3.8) is 0 Å². The minimum absolute atomic E-state index is 0.133. The molecule has 0 spiro atoms. The van der Waals surface area contributed by atoms with Crippen LogP contribution in [0.3, 0.4) is 0 Å². The van der Waals surface area contributed by atoms with Gasteiger partial charge < -0.3 is 4.74 Å². The average Bonchev–Trinajstić information content (AvgIpc) is 2.98. The molecule has 1 aromatic rings. The first-order valence-corrected chi connectivity index (χ1v) is 9.85. The van der Waals surface area contributed by atoms with E-state index in [-0.39, 0.29) is 17.9 Å². The van der Waals surface area contributed by atoms with E-state index >= 15 is 0 Å². The first-order valence-electron chi connectivity index (χ1n) is 7.49. The molecule has 1 fully saturated rings. The van der Waals surface area contributed by atoms with Gasteiger partial charge >= 0.3 is 0 Å². The summed E-state index contributed by atoms with van der Waals surface area (Å²) in [5.41, 5.74) is 2.50. The number of sulfone groups is 1. The van der Waals surface area contributed by atoms with Crippen molar-refractivity contribution < 1.29 is 13.2 Å². The van der Waals surface area contributed by atoms with E-state index in [0.29, 0.717) is 17.4 Å². The van der Waals surface area contributed by atoms with Crippen LogP contribution in [0.1, 0.15) is 24.0 Å². The molecule has 2 heterocycles. The summed E-state index contributed by atoms with van der Waals surface area (Å²) in [7, 11) is -2.84. The molecule has 0 amide bonds. The lowest BCUT2D eigenvalue weighted by Gasteiger charge is -2.23. The number of hydrogen-bond acceptors (Lipinski definition) is 3. The molecule has 1 aromatic carbocycles. The lowest BCUT2D eigenvalue weighted by molar-refractivity contribution is 0.180. The van der Waals surface area contributed by atoms with Gasteiger partial charge in [-0.3, -0.25) is 0 Å². The third kappa shape index (κ3) is 3.37. The van der Waals surface area contributed by atoms with E-state index in [9.17, 15) is 8.42 Å². The van der Waals surface area contributed by atoms with Gasteiger partial charge in [0.15, 0.2) is 9.84 Å². The molecule has 0 radical (unpaired) electrons. The van der Waals surface area contributed by atoms with E-state index in [1.54, 1.807) is 0 Å². The Balaban J connectivity index is 1.64. The van der Waals surface area contributed by atoms with Gasteiger partial charge in [0.1, 0.15) is 11.9 Å². The maximum absolute atomic E-state index is 11.6. The first-order chi connectivity index (χ1) is 9.97. The van der Waals surface area contributed by atoms with Crippen LogP contribution in [0.4, 0.5) is 0 Å². The summed E-state index contributed by atoms with van der Waals surface area (Å²) in [5.74, 6) is 2.51. The molecule has 0 N–H and O–H groups in total. The minimum atomic E-state index is -2.84. The molecular weight excluding hydrogens is 308 g/mol. The summed E-state index contributed by atoms with van der Waals surface area (Å²) in [6.45, 7) is 2.08. The number of hydrogen-bond donors (Lipinski definition) is 0. The monoisotopic (exact) mass is 328 g/mol. The highest BCUT2D eigenvalue weighted by molar-refractivity contribution is 7.91. The number of benzene rings is 1. The van der Waals surface area contributed by atoms with Crippen LogP contribution in [0.2, 0.25) is 0 Å². The maximum Gasteiger partial charge on any atom is 0.150 e. The van der Waals surface area contributed by atoms with Crippen LogP contribution in [0, 0.1) is 18.8 Å². The summed E-state index contributed by atoms with van der Waals surface area (Å²) in [6.07, 6.45) is 2.63. The molecule has 21 heavy (non-hydrogen) atoms. The third-order valence-electron chi connectivity index (χ3n) is 4.66. The Kier molecular flexibility index (Phi) is 4.19. The molecule has 0 aromatic heterocycles. The van der Waals surface area contributed by atoms with Crippen LogP contribution in [-0.4, -0.2) is 31.9 Å². The van der Waals surface area contributed by atoms with Gasteiger partial charge in [0.2, 0.25) is 0 Å². The number of fused-ring (bicyclic) bond motifs is 1. The number of rotatable bonds is 4. The molecular formula is C16H21ClO3S. The second-order valence-corrected chi connectivity index (χ2v) is 8.91. The molecule has 0 bridgehead atoms. The third-order valence-corrected chi connectivity index (χ3v) is 6.85. The van der Waals surface area contributed by atoms with Crippen molar-refractivity contribution in [2.24, 2.45) is 11.8 Å². The Morgan fingerprint density at radius 3 is 2.90 bits per heavy atom. The van der Waals surface area contributed by atoms with Crippen molar-refractivity contribution in [1.82, 2.24) is 0 Å². The van der Waals surface area contributed by atoms with E-state index in [0.717, 1.165) is 25.0 Å². The van der Waals surface area contributed by atoms with Gasteiger partial charge in [0, 0.05) is 12.3 Å². The van der Waals surface area contributed by atoms with Crippen LogP contribution in [0.25, 0.3) is 0 Å². The SMILES string of the molecule is Cc1ccc2c(c1)CC(CC(CCl)C1CCS(=O)(=O)C1)O2. The van der Waals surface area contributed by atoms with Crippen molar-refractivity contribution in [2.45, 2.75) is 32.3 Å². The molecule has 116 valence electrons. The number of aryl methyl sites for hydroxylation is 1. The molecule has 1 saturated heterocycles. The molecule has 2 aliphatic heterocycles. The van der Waals surface area contributed by atoms with E-state index < -0.39 is 9.84 Å². The van der Waals surface area contributed by atoms with Crippen LogP contribution < -0.4 is 4.74 Å². The van der Waals surface area contributed by atoms with Gasteiger partial charge in [-0.25, -0.2) is 8.42 Å². The highest BCUT2D eigenvalue weighted by atomic mass is 35.5. The van der Waals surface area contributed by atoms with Gasteiger partial charge in [-0.1, -0.05) is 17.7 Å². The van der Waals surface area contributed by atoms with Crippen molar-refractivity contribution in [2.75, 3.05) is 17.4 Å². The predicted octanol–water partition coefficient (Wildman–Crippen LogP) is 2.98. The van der Waals surface area contributed by atoms with Crippen LogP contribution in [-0.2, 0) is 16.3 Å². The largest absolute Gasteiger partial charge is 0.490 e. The zero-order chi connectivity index (χ0) is 15.0. The molecule has 3 unspecified atom stereocenters. The molecule has 3 atom stereocenters. The van der Waals surface area contributed by atoms with Gasteiger partial charge in [0.25, 0.3) is 0 Å². The van der Waals surface area contributed by atoms with Gasteiger partial charge in [-0.15, -0.1) is 11.6 Å². The second kappa shape index (κ2) is 5.81. The Morgan fingerprint density at radius 1 is 1.43 bits per heavy atom. The fraction of sp³-hybridized carbons (Fsp3) is 0.625. The fourth-order valence-corrected chi connectivity index (χ4v) is 5.79. The summed E-state index contributed by atoms with van der Waals surface area (Å²) < 4.78 is 29.3. The van der Waals surface area contributed by atoms with E-state index in [2.05, 4.69) is 19.1 Å². The Hall–Kier alpha value is -0.740. The Labute approximate surface area is 131 Å². The lowest BCUT2D eigenvalue weighted by Crippen LogP contribution is -2.25. The maximum atomic E-state index is 11.6. The first kappa shape index (κ1) is 15.2. The van der Waals surface area contributed by atoms with Crippen molar-refractivity contribution in [1.29, 1.82) is 0 Å². The highest BCUT2D eigenvalue weighted by Gasteiger charge is 2.36. The van der Waals surface area contributed by atoms with Crippen LogP contribution >= 0.6 is 11.6 Å². The zero-order valence-corrected chi connectivity index (χ0v) is 13.8. The molecule has 2 aliphatic rings. The number of alkyl halides is 1. The molecule has 0 aliphatic carbocycles. The minimum Gasteiger partial charge on any atom is -0.490 e. The smallest absolute Gasteiger partial charge is 0.150 e. The summed E-state index contributed by atoms with van der Waals surface area (Å²) in [5, 5.41) is 0. The van der Waals surface area contributed by atoms with Crippen LogP contribution in [0.5, 0.6) is 5.75 Å². The van der Waals surface area contributed by atoms with Gasteiger partial charge in [-0.2, -0.15) is 0 Å². The van der Waals surface area contributed by atoms with Gasteiger partial charge in [-0.05, 0) is 43.2 Å². The normalized spacial score (nSPS) is 28.1. The van der Waals surface area contributed by atoms with E-state index in [1.807, 2.05) is 6.07 Å². The summed E-state index contributed by atoms with van der Waals surface area (Å²) in [6, 6.07) is 6.26. The quantitative estimate of drug-likeness (QED) is 0.798. The fourth-order valence-electron chi connectivity index (χ4n) is 3.50. The number of halogens is 1. The molecule has 3 rings (SSSR count). The standard InChI is InChI=1S/C16H21ClO3S/c1-11-2-3-16-13(6-11)7-15(20-16)8-14(9-17)12-4-5-21(18,19)10-12/h2-3,6,12,14-15H,4-5,7-10H2,1H3. The lowest BCUT2D eigenvalue weighted by atomic mass is 9.87. The summed E-state index contributed by atoms with van der Waals surface area (Å²) in [4.78, 5) is 0. The van der Waals surface area contributed by atoms with Crippen molar-refractivity contribution >= 4 is 21.4 Å². The average molecular weight is 329 g/mol. The zero-order valence-electron chi connectivity index (χ0n) is 12.2. The predicted molar refractivity (Wildman–Crippen MR) is 84.9 cm³/mol. The van der Waals surface area contributed by atoms with E-state index in [4.69, 9.17) is 16.3 Å². The van der Waals surface area contributed by atoms with Crippen molar-refractivity contribution in [3.05, 3.63) is 29.3 Å². The van der Waals surface area contributed by atoms with Gasteiger partial charge in [0.05, 0.1) is 11.5 Å². The second-order valence-electron chi connectivity index (χ2n) is 6.37. The topological polar surface area (TPSA) is 43.4 Å². The van der Waals surface area contributed by atoms with Crippen LogP contribution in [0.15, 0.2) is 18.2 Å². The molecule has 0 saturated carbocycles.